The Morgan fingerprint density at radius 2 is 1.91 bits per heavy atom. The number of carbonyl (C=O) groups is 2. The van der Waals surface area contributed by atoms with E-state index in [2.05, 4.69) is 27.8 Å². The number of rotatable bonds is 8. The smallest absolute Gasteiger partial charge is 0.326 e. The molecule has 1 aromatic rings. The number of hydrogen-bond acceptors (Lipinski definition) is 4. The van der Waals surface area contributed by atoms with E-state index in [-0.39, 0.29) is 12.0 Å². The Morgan fingerprint density at radius 3 is 2.32 bits per heavy atom. The third kappa shape index (κ3) is 4.49. The van der Waals surface area contributed by atoms with Crippen LogP contribution in [0.5, 0.6) is 11.5 Å². The molecule has 0 saturated heterocycles. The van der Waals surface area contributed by atoms with Crippen LogP contribution in [0.3, 0.4) is 0 Å². The topological polar surface area (TPSA) is 84.9 Å². The zero-order valence-corrected chi connectivity index (χ0v) is 14.0. The summed E-state index contributed by atoms with van der Waals surface area (Å²) in [6, 6.07) is 2.04. The van der Waals surface area contributed by atoms with Crippen LogP contribution in [0.4, 0.5) is 0 Å². The van der Waals surface area contributed by atoms with Gasteiger partial charge in [-0.1, -0.05) is 6.08 Å². The highest BCUT2D eigenvalue weighted by Gasteiger charge is 2.21. The fourth-order valence-electron chi connectivity index (χ4n) is 1.78. The maximum atomic E-state index is 12.2. The third-order valence-electron chi connectivity index (χ3n) is 2.97. The van der Waals surface area contributed by atoms with Crippen molar-refractivity contribution in [1.29, 1.82) is 0 Å². The van der Waals surface area contributed by atoms with Gasteiger partial charge in [0, 0.05) is 5.56 Å². The zero-order valence-electron chi connectivity index (χ0n) is 12.4. The lowest BCUT2D eigenvalue weighted by molar-refractivity contribution is -0.139. The van der Waals surface area contributed by atoms with Crippen molar-refractivity contribution in [2.24, 2.45) is 0 Å². The van der Waals surface area contributed by atoms with Gasteiger partial charge in [0.25, 0.3) is 5.91 Å². The van der Waals surface area contributed by atoms with Crippen LogP contribution in [-0.4, -0.2) is 37.2 Å². The minimum absolute atomic E-state index is 0.252. The lowest BCUT2D eigenvalue weighted by Gasteiger charge is -2.15. The van der Waals surface area contributed by atoms with E-state index in [0.29, 0.717) is 22.4 Å². The van der Waals surface area contributed by atoms with Crippen molar-refractivity contribution in [1.82, 2.24) is 5.32 Å². The van der Waals surface area contributed by atoms with Gasteiger partial charge in [0.15, 0.2) is 0 Å². The molecule has 0 aliphatic heterocycles. The Balaban J connectivity index is 3.01. The summed E-state index contributed by atoms with van der Waals surface area (Å²) >= 11 is 3.31. The number of carboxylic acid groups (broad SMARTS) is 1. The zero-order chi connectivity index (χ0) is 16.7. The molecule has 2 N–H and O–H groups in total. The van der Waals surface area contributed by atoms with Crippen molar-refractivity contribution in [2.75, 3.05) is 14.2 Å². The SMILES string of the molecule is C=CCCC(NC(=O)c1cc(OC)c(Br)c(OC)c1)C(=O)O. The fraction of sp³-hybridized carbons (Fsp3) is 0.333. The number of methoxy groups -OCH3 is 2. The van der Waals surface area contributed by atoms with E-state index in [1.54, 1.807) is 6.08 Å². The van der Waals surface area contributed by atoms with Crippen LogP contribution in [0, 0.1) is 0 Å². The van der Waals surface area contributed by atoms with Gasteiger partial charge in [-0.15, -0.1) is 6.58 Å². The number of amides is 1. The monoisotopic (exact) mass is 371 g/mol. The summed E-state index contributed by atoms with van der Waals surface area (Å²) in [5, 5.41) is 11.6. The molecule has 7 heteroatoms. The average molecular weight is 372 g/mol. The van der Waals surface area contributed by atoms with Gasteiger partial charge in [0.2, 0.25) is 0 Å². The number of aliphatic carboxylic acids is 1. The maximum absolute atomic E-state index is 12.2. The Bertz CT molecular complexity index is 548. The van der Waals surface area contributed by atoms with Crippen LogP contribution in [0.25, 0.3) is 0 Å². The first-order valence-electron chi connectivity index (χ1n) is 6.50. The number of benzene rings is 1. The van der Waals surface area contributed by atoms with Crippen molar-refractivity contribution in [2.45, 2.75) is 18.9 Å². The van der Waals surface area contributed by atoms with Gasteiger partial charge in [-0.3, -0.25) is 4.79 Å². The predicted molar refractivity (Wildman–Crippen MR) is 85.6 cm³/mol. The van der Waals surface area contributed by atoms with Gasteiger partial charge >= 0.3 is 5.97 Å². The molecule has 120 valence electrons. The molecule has 0 aliphatic carbocycles. The molecule has 1 rings (SSSR count). The molecule has 0 fully saturated rings. The molecule has 0 aliphatic rings. The van der Waals surface area contributed by atoms with Crippen LogP contribution < -0.4 is 14.8 Å². The first-order valence-corrected chi connectivity index (χ1v) is 7.30. The summed E-state index contributed by atoms with van der Waals surface area (Å²) in [6.07, 6.45) is 2.37. The first kappa shape index (κ1) is 18.0. The van der Waals surface area contributed by atoms with Gasteiger partial charge in [0.05, 0.1) is 14.2 Å². The summed E-state index contributed by atoms with van der Waals surface area (Å²) in [5.74, 6) is -0.767. The first-order chi connectivity index (χ1) is 10.4. The van der Waals surface area contributed by atoms with Crippen molar-refractivity contribution >= 4 is 27.8 Å². The lowest BCUT2D eigenvalue weighted by atomic mass is 10.1. The lowest BCUT2D eigenvalue weighted by Crippen LogP contribution is -2.40. The van der Waals surface area contributed by atoms with E-state index >= 15 is 0 Å². The Morgan fingerprint density at radius 1 is 1.36 bits per heavy atom. The molecule has 0 spiro atoms. The molecule has 1 aromatic carbocycles. The number of carboxylic acids is 1. The minimum Gasteiger partial charge on any atom is -0.495 e. The average Bonchev–Trinajstić information content (AvgIpc) is 2.50. The standard InChI is InChI=1S/C15H18BrNO5/c1-4-5-6-10(15(19)20)17-14(18)9-7-11(21-2)13(16)12(8-9)22-3/h4,7-8,10H,1,5-6H2,2-3H3,(H,17,18)(H,19,20). The second kappa shape index (κ2) is 8.43. The molecular weight excluding hydrogens is 354 g/mol. The minimum atomic E-state index is -1.09. The molecule has 0 aromatic heterocycles. The molecule has 0 radical (unpaired) electrons. The van der Waals surface area contributed by atoms with Gasteiger partial charge in [-0.25, -0.2) is 4.79 Å². The van der Waals surface area contributed by atoms with Crippen molar-refractivity contribution in [3.8, 4) is 11.5 Å². The van der Waals surface area contributed by atoms with Crippen LogP contribution in [0.2, 0.25) is 0 Å². The maximum Gasteiger partial charge on any atom is 0.326 e. The van der Waals surface area contributed by atoms with Gasteiger partial charge in [-0.2, -0.15) is 0 Å². The second-order valence-corrected chi connectivity index (χ2v) is 5.22. The third-order valence-corrected chi connectivity index (χ3v) is 3.75. The van der Waals surface area contributed by atoms with Crippen LogP contribution in [-0.2, 0) is 4.79 Å². The number of halogens is 1. The second-order valence-electron chi connectivity index (χ2n) is 4.43. The molecule has 1 unspecified atom stereocenters. The Kier molecular flexibility index (Phi) is 6.91. The summed E-state index contributed by atoms with van der Waals surface area (Å²) in [4.78, 5) is 23.4. The molecular formula is C15H18BrNO5. The largest absolute Gasteiger partial charge is 0.495 e. The highest BCUT2D eigenvalue weighted by atomic mass is 79.9. The number of ether oxygens (including phenoxy) is 2. The molecule has 0 heterocycles. The highest BCUT2D eigenvalue weighted by Crippen LogP contribution is 2.35. The summed E-state index contributed by atoms with van der Waals surface area (Å²) in [6.45, 7) is 3.54. The van der Waals surface area contributed by atoms with E-state index in [4.69, 9.17) is 14.6 Å². The van der Waals surface area contributed by atoms with E-state index in [1.165, 1.54) is 26.4 Å². The molecule has 0 bridgehead atoms. The molecule has 22 heavy (non-hydrogen) atoms. The number of carbonyl (C=O) groups excluding carboxylic acids is 1. The van der Waals surface area contributed by atoms with E-state index in [1.807, 2.05) is 0 Å². The molecule has 0 saturated carbocycles. The highest BCUT2D eigenvalue weighted by molar-refractivity contribution is 9.10. The van der Waals surface area contributed by atoms with Crippen LogP contribution in [0.15, 0.2) is 29.3 Å². The number of nitrogens with one attached hydrogen (secondary N) is 1. The van der Waals surface area contributed by atoms with E-state index in [9.17, 15) is 9.59 Å². The summed E-state index contributed by atoms with van der Waals surface area (Å²) in [5.41, 5.74) is 0.252. The summed E-state index contributed by atoms with van der Waals surface area (Å²) < 4.78 is 10.9. The van der Waals surface area contributed by atoms with Gasteiger partial charge < -0.3 is 19.9 Å². The molecule has 6 nitrogen and oxygen atoms in total. The predicted octanol–water partition coefficient (Wildman–Crippen LogP) is 2.62. The molecule has 1 atom stereocenters. The quantitative estimate of drug-likeness (QED) is 0.686. The number of allylic oxidation sites excluding steroid dienone is 1. The Hall–Kier alpha value is -2.02. The fourth-order valence-corrected chi connectivity index (χ4v) is 2.34. The van der Waals surface area contributed by atoms with Gasteiger partial charge in [-0.05, 0) is 40.9 Å². The number of hydrogen-bond donors (Lipinski definition) is 2. The van der Waals surface area contributed by atoms with Crippen molar-refractivity contribution in [3.05, 3.63) is 34.8 Å². The van der Waals surface area contributed by atoms with Crippen LogP contribution in [0.1, 0.15) is 23.2 Å². The Labute approximate surface area is 137 Å². The van der Waals surface area contributed by atoms with Gasteiger partial charge in [0.1, 0.15) is 22.0 Å². The molecule has 1 amide bonds. The van der Waals surface area contributed by atoms with Crippen LogP contribution >= 0.6 is 15.9 Å². The van der Waals surface area contributed by atoms with Crippen molar-refractivity contribution in [3.63, 3.8) is 0 Å². The normalized spacial score (nSPS) is 11.4. The van der Waals surface area contributed by atoms with Crippen molar-refractivity contribution < 1.29 is 24.2 Å². The van der Waals surface area contributed by atoms with E-state index in [0.717, 1.165) is 0 Å². The summed E-state index contributed by atoms with van der Waals surface area (Å²) in [7, 11) is 2.93. The van der Waals surface area contributed by atoms with E-state index < -0.39 is 17.9 Å².